The molecule has 1 aliphatic heterocycles. The minimum Gasteiger partial charge on any atom is -0.256 e. The molecule has 4 nitrogen and oxygen atoms in total. The first kappa shape index (κ1) is 18.8. The lowest BCUT2D eigenvalue weighted by molar-refractivity contribution is 0.389. The van der Waals surface area contributed by atoms with Crippen LogP contribution in [0.3, 0.4) is 0 Å². The molecule has 3 aromatic rings. The molecule has 0 radical (unpaired) electrons. The molecule has 1 aromatic heterocycles. The first-order valence-electron chi connectivity index (χ1n) is 9.60. The second kappa shape index (κ2) is 7.86. The summed E-state index contributed by atoms with van der Waals surface area (Å²) in [5.41, 5.74) is 4.76. The summed E-state index contributed by atoms with van der Waals surface area (Å²) in [6, 6.07) is 23.4. The Morgan fingerprint density at radius 2 is 1.64 bits per heavy atom. The Labute approximate surface area is 166 Å². The van der Waals surface area contributed by atoms with Gasteiger partial charge in [0.25, 0.3) is 0 Å². The molecule has 28 heavy (non-hydrogen) atoms. The summed E-state index contributed by atoms with van der Waals surface area (Å²) in [5.74, 6) is 0.0295. The van der Waals surface area contributed by atoms with Crippen LogP contribution in [0, 0.1) is 6.92 Å². The third-order valence-electron chi connectivity index (χ3n) is 5.17. The van der Waals surface area contributed by atoms with Crippen LogP contribution in [0.2, 0.25) is 0 Å². The maximum atomic E-state index is 13.1. The second-order valence-electron chi connectivity index (χ2n) is 7.30. The van der Waals surface area contributed by atoms with Crippen molar-refractivity contribution in [2.75, 3.05) is 6.54 Å². The Morgan fingerprint density at radius 3 is 2.36 bits per heavy atom. The lowest BCUT2D eigenvalue weighted by Gasteiger charge is -2.24. The number of sulfonamides is 1. The van der Waals surface area contributed by atoms with Crippen LogP contribution in [0.15, 0.2) is 72.8 Å². The van der Waals surface area contributed by atoms with Gasteiger partial charge in [-0.15, -0.1) is 0 Å². The smallest absolute Gasteiger partial charge is 0.218 e. The van der Waals surface area contributed by atoms with Gasteiger partial charge in [-0.3, -0.25) is 4.98 Å². The zero-order chi connectivity index (χ0) is 19.6. The standard InChI is InChI=1S/C23H24N2O2S/c1-18-15-21(20-11-6-3-7-12-20)16-22(24-18)23-13-8-14-25(23)28(26,27)17-19-9-4-2-5-10-19/h2-7,9-12,15-16,23H,8,13-14,17H2,1H3/t23-/m0/s1. The summed E-state index contributed by atoms with van der Waals surface area (Å²) in [7, 11) is -3.41. The molecule has 0 unspecified atom stereocenters. The van der Waals surface area contributed by atoms with Crippen LogP contribution in [0.4, 0.5) is 0 Å². The minimum atomic E-state index is -3.41. The van der Waals surface area contributed by atoms with Crippen molar-refractivity contribution in [2.45, 2.75) is 31.6 Å². The second-order valence-corrected chi connectivity index (χ2v) is 9.22. The monoisotopic (exact) mass is 392 g/mol. The van der Waals surface area contributed by atoms with E-state index in [0.29, 0.717) is 6.54 Å². The molecule has 0 amide bonds. The van der Waals surface area contributed by atoms with E-state index in [2.05, 4.69) is 18.2 Å². The molecular formula is C23H24N2O2S. The van der Waals surface area contributed by atoms with Crippen molar-refractivity contribution in [3.63, 3.8) is 0 Å². The topological polar surface area (TPSA) is 50.3 Å². The first-order valence-corrected chi connectivity index (χ1v) is 11.2. The number of pyridine rings is 1. The molecule has 2 heterocycles. The van der Waals surface area contributed by atoms with E-state index in [1.54, 1.807) is 4.31 Å². The van der Waals surface area contributed by atoms with Crippen molar-refractivity contribution in [3.05, 3.63) is 89.7 Å². The van der Waals surface area contributed by atoms with Crippen molar-refractivity contribution in [1.82, 2.24) is 9.29 Å². The van der Waals surface area contributed by atoms with Gasteiger partial charge < -0.3 is 0 Å². The Kier molecular flexibility index (Phi) is 5.29. The number of aryl methyl sites for hydroxylation is 1. The summed E-state index contributed by atoms with van der Waals surface area (Å²) < 4.78 is 27.9. The third kappa shape index (κ3) is 4.01. The van der Waals surface area contributed by atoms with Crippen LogP contribution >= 0.6 is 0 Å². The molecule has 5 heteroatoms. The maximum absolute atomic E-state index is 13.1. The lowest BCUT2D eigenvalue weighted by atomic mass is 10.0. The molecule has 0 bridgehead atoms. The average Bonchev–Trinajstić information content (AvgIpc) is 3.20. The van der Waals surface area contributed by atoms with E-state index < -0.39 is 10.0 Å². The van der Waals surface area contributed by atoms with Crippen molar-refractivity contribution in [2.24, 2.45) is 0 Å². The number of nitrogens with zero attached hydrogens (tertiary/aromatic N) is 2. The van der Waals surface area contributed by atoms with Crippen molar-refractivity contribution in [1.29, 1.82) is 0 Å². The van der Waals surface area contributed by atoms with Gasteiger partial charge in [0.15, 0.2) is 0 Å². The predicted molar refractivity (Wildman–Crippen MR) is 112 cm³/mol. The largest absolute Gasteiger partial charge is 0.256 e. The number of hydrogen-bond donors (Lipinski definition) is 0. The highest BCUT2D eigenvalue weighted by molar-refractivity contribution is 7.88. The summed E-state index contributed by atoms with van der Waals surface area (Å²) in [6.45, 7) is 2.52. The Bertz CT molecular complexity index is 1050. The zero-order valence-electron chi connectivity index (χ0n) is 16.0. The zero-order valence-corrected chi connectivity index (χ0v) is 16.8. The SMILES string of the molecule is Cc1cc(-c2ccccc2)cc([C@@H]2CCCN2S(=O)(=O)Cc2ccccc2)n1. The van der Waals surface area contributed by atoms with Gasteiger partial charge in [0.05, 0.1) is 17.5 Å². The first-order chi connectivity index (χ1) is 13.5. The van der Waals surface area contributed by atoms with Crippen molar-refractivity contribution in [3.8, 4) is 11.1 Å². The van der Waals surface area contributed by atoms with Crippen LogP contribution in [0.1, 0.15) is 35.8 Å². The fourth-order valence-corrected chi connectivity index (χ4v) is 5.69. The summed E-state index contributed by atoms with van der Waals surface area (Å²) in [4.78, 5) is 4.71. The third-order valence-corrected chi connectivity index (χ3v) is 7.02. The van der Waals surface area contributed by atoms with Gasteiger partial charge in [-0.25, -0.2) is 8.42 Å². The Balaban J connectivity index is 1.66. The van der Waals surface area contributed by atoms with Crippen molar-refractivity contribution < 1.29 is 8.42 Å². The van der Waals surface area contributed by atoms with E-state index in [-0.39, 0.29) is 11.8 Å². The van der Waals surface area contributed by atoms with E-state index in [0.717, 1.165) is 40.9 Å². The molecule has 0 N–H and O–H groups in total. The molecule has 0 saturated carbocycles. The molecule has 144 valence electrons. The summed E-state index contributed by atoms with van der Waals surface area (Å²) in [6.07, 6.45) is 1.66. The van der Waals surface area contributed by atoms with E-state index in [4.69, 9.17) is 4.98 Å². The molecule has 1 aliphatic rings. The van der Waals surface area contributed by atoms with Crippen LogP contribution in [-0.2, 0) is 15.8 Å². The maximum Gasteiger partial charge on any atom is 0.218 e. The highest BCUT2D eigenvalue weighted by atomic mass is 32.2. The van der Waals surface area contributed by atoms with E-state index in [1.165, 1.54) is 0 Å². The fourth-order valence-electron chi connectivity index (χ4n) is 3.90. The average molecular weight is 393 g/mol. The molecule has 2 aromatic carbocycles. The predicted octanol–water partition coefficient (Wildman–Crippen LogP) is 4.72. The van der Waals surface area contributed by atoms with Gasteiger partial charge in [0.1, 0.15) is 0 Å². The van der Waals surface area contributed by atoms with Gasteiger partial charge in [-0.1, -0.05) is 60.7 Å². The molecule has 1 fully saturated rings. The highest BCUT2D eigenvalue weighted by Gasteiger charge is 2.36. The quantitative estimate of drug-likeness (QED) is 0.631. The van der Waals surface area contributed by atoms with Gasteiger partial charge >= 0.3 is 0 Å². The van der Waals surface area contributed by atoms with E-state index in [1.807, 2.05) is 61.5 Å². The van der Waals surface area contributed by atoms with Gasteiger partial charge in [-0.2, -0.15) is 4.31 Å². The normalized spacial score (nSPS) is 17.7. The number of benzene rings is 2. The summed E-state index contributed by atoms with van der Waals surface area (Å²) >= 11 is 0. The van der Waals surface area contributed by atoms with Gasteiger partial charge in [0, 0.05) is 12.2 Å². The van der Waals surface area contributed by atoms with Crippen LogP contribution in [0.5, 0.6) is 0 Å². The molecule has 4 rings (SSSR count). The fraction of sp³-hybridized carbons (Fsp3) is 0.261. The molecule has 0 aliphatic carbocycles. The van der Waals surface area contributed by atoms with Crippen LogP contribution in [0.25, 0.3) is 11.1 Å². The van der Waals surface area contributed by atoms with Gasteiger partial charge in [0.2, 0.25) is 10.0 Å². The van der Waals surface area contributed by atoms with Gasteiger partial charge in [-0.05, 0) is 48.6 Å². The van der Waals surface area contributed by atoms with E-state index in [9.17, 15) is 8.42 Å². The molecular weight excluding hydrogens is 368 g/mol. The van der Waals surface area contributed by atoms with E-state index >= 15 is 0 Å². The minimum absolute atomic E-state index is 0.0295. The highest BCUT2D eigenvalue weighted by Crippen LogP contribution is 2.36. The number of hydrogen-bond acceptors (Lipinski definition) is 3. The molecule has 0 spiro atoms. The lowest BCUT2D eigenvalue weighted by Crippen LogP contribution is -2.32. The number of rotatable bonds is 5. The molecule has 1 atom stereocenters. The summed E-state index contributed by atoms with van der Waals surface area (Å²) in [5, 5.41) is 0. The number of aromatic nitrogens is 1. The van der Waals surface area contributed by atoms with Crippen LogP contribution in [-0.4, -0.2) is 24.3 Å². The Morgan fingerprint density at radius 1 is 0.964 bits per heavy atom. The van der Waals surface area contributed by atoms with Crippen LogP contribution < -0.4 is 0 Å². The van der Waals surface area contributed by atoms with Crippen molar-refractivity contribution >= 4 is 10.0 Å². The Hall–Kier alpha value is -2.50. The molecule has 1 saturated heterocycles.